The Morgan fingerprint density at radius 3 is 2.71 bits per heavy atom. The van der Waals surface area contributed by atoms with Crippen molar-refractivity contribution in [3.63, 3.8) is 0 Å². The summed E-state index contributed by atoms with van der Waals surface area (Å²) < 4.78 is 0. The molecule has 0 radical (unpaired) electrons. The van der Waals surface area contributed by atoms with Crippen LogP contribution in [0.3, 0.4) is 0 Å². The third kappa shape index (κ3) is 3.57. The topological polar surface area (TPSA) is 94.6 Å². The number of nitrogens with one attached hydrogen (secondary N) is 2. The fourth-order valence-electron chi connectivity index (χ4n) is 3.66. The summed E-state index contributed by atoms with van der Waals surface area (Å²) in [6.07, 6.45) is 5.07. The summed E-state index contributed by atoms with van der Waals surface area (Å²) in [7, 11) is 1.54. The van der Waals surface area contributed by atoms with Crippen LogP contribution in [0.2, 0.25) is 0 Å². The largest absolute Gasteiger partial charge is 0.392 e. The van der Waals surface area contributed by atoms with E-state index in [4.69, 9.17) is 0 Å². The number of carbonyl (C=O) groups is 2. The van der Waals surface area contributed by atoms with Gasteiger partial charge in [-0.15, -0.1) is 0 Å². The Hall–Kier alpha value is -1.99. The molecule has 1 aliphatic carbocycles. The molecule has 24 heavy (non-hydrogen) atoms. The summed E-state index contributed by atoms with van der Waals surface area (Å²) >= 11 is 0. The van der Waals surface area contributed by atoms with Gasteiger partial charge in [0.05, 0.1) is 11.7 Å². The average molecular weight is 332 g/mol. The fraction of sp³-hybridized carbons (Fsp3) is 0.588. The van der Waals surface area contributed by atoms with Crippen molar-refractivity contribution >= 4 is 11.8 Å². The Kier molecular flexibility index (Phi) is 5.11. The monoisotopic (exact) mass is 332 g/mol. The molecule has 2 aliphatic rings. The minimum Gasteiger partial charge on any atom is -0.392 e. The van der Waals surface area contributed by atoms with Gasteiger partial charge in [0.1, 0.15) is 5.69 Å². The predicted molar refractivity (Wildman–Crippen MR) is 88.7 cm³/mol. The van der Waals surface area contributed by atoms with Crippen LogP contribution in [0.4, 0.5) is 0 Å². The highest BCUT2D eigenvalue weighted by atomic mass is 16.3. The molecule has 130 valence electrons. The number of pyridine rings is 1. The van der Waals surface area contributed by atoms with Gasteiger partial charge in [-0.3, -0.25) is 19.5 Å². The first-order valence-corrected chi connectivity index (χ1v) is 8.49. The van der Waals surface area contributed by atoms with Crippen molar-refractivity contribution in [1.82, 2.24) is 20.5 Å². The number of nitrogens with zero attached hydrogens (tertiary/aromatic N) is 2. The van der Waals surface area contributed by atoms with Crippen molar-refractivity contribution in [3.8, 4) is 0 Å². The van der Waals surface area contributed by atoms with E-state index in [0.717, 1.165) is 32.2 Å². The number of aromatic nitrogens is 1. The second-order valence-corrected chi connectivity index (χ2v) is 6.53. The molecule has 2 amide bonds. The molecular weight excluding hydrogens is 308 g/mol. The van der Waals surface area contributed by atoms with Crippen LogP contribution < -0.4 is 10.6 Å². The number of amides is 2. The molecule has 7 heteroatoms. The molecule has 1 saturated heterocycles. The predicted octanol–water partition coefficient (Wildman–Crippen LogP) is 0.159. The Balaban J connectivity index is 1.62. The van der Waals surface area contributed by atoms with Crippen molar-refractivity contribution in [2.75, 3.05) is 20.1 Å². The SMILES string of the molecule is CNC(=O)c1ccc(C(=O)N[C@@H]2CCC[C@@H]2N2CCC(O)C2)cn1. The highest BCUT2D eigenvalue weighted by Crippen LogP contribution is 2.27. The molecule has 0 spiro atoms. The van der Waals surface area contributed by atoms with Crippen LogP contribution >= 0.6 is 0 Å². The average Bonchev–Trinajstić information content (AvgIpc) is 3.22. The zero-order chi connectivity index (χ0) is 17.1. The van der Waals surface area contributed by atoms with Crippen LogP contribution in [0.5, 0.6) is 0 Å². The van der Waals surface area contributed by atoms with Gasteiger partial charge in [0.2, 0.25) is 0 Å². The second kappa shape index (κ2) is 7.27. The van der Waals surface area contributed by atoms with Crippen molar-refractivity contribution < 1.29 is 14.7 Å². The summed E-state index contributed by atoms with van der Waals surface area (Å²) in [5, 5.41) is 15.3. The molecule has 7 nitrogen and oxygen atoms in total. The molecule has 2 heterocycles. The van der Waals surface area contributed by atoms with Crippen LogP contribution in [0.15, 0.2) is 18.3 Å². The molecule has 1 saturated carbocycles. The standard InChI is InChI=1S/C17H24N4O3/c1-18-17(24)14-6-5-11(9-19-14)16(23)20-13-3-2-4-15(13)21-8-7-12(22)10-21/h5-6,9,12-13,15,22H,2-4,7-8,10H2,1H3,(H,18,24)(H,20,23)/t12?,13-,15+/m1/s1. The summed E-state index contributed by atoms with van der Waals surface area (Å²) in [5.41, 5.74) is 0.744. The fourth-order valence-corrected chi connectivity index (χ4v) is 3.66. The molecule has 1 unspecified atom stereocenters. The quantitative estimate of drug-likeness (QED) is 0.730. The molecule has 0 bridgehead atoms. The van der Waals surface area contributed by atoms with Gasteiger partial charge in [-0.2, -0.15) is 0 Å². The highest BCUT2D eigenvalue weighted by Gasteiger charge is 2.36. The third-order valence-electron chi connectivity index (χ3n) is 4.95. The minimum absolute atomic E-state index is 0.0985. The summed E-state index contributed by atoms with van der Waals surface area (Å²) in [4.78, 5) is 30.3. The zero-order valence-electron chi connectivity index (χ0n) is 13.9. The van der Waals surface area contributed by atoms with Crippen molar-refractivity contribution in [2.45, 2.75) is 43.9 Å². The van der Waals surface area contributed by atoms with Gasteiger partial charge in [0.15, 0.2) is 0 Å². The first-order chi connectivity index (χ1) is 11.6. The summed E-state index contributed by atoms with van der Waals surface area (Å²) in [6.45, 7) is 1.58. The maximum absolute atomic E-state index is 12.5. The van der Waals surface area contributed by atoms with Gasteiger partial charge < -0.3 is 15.7 Å². The molecule has 3 N–H and O–H groups in total. The van der Waals surface area contributed by atoms with Crippen LogP contribution in [-0.2, 0) is 0 Å². The van der Waals surface area contributed by atoms with E-state index in [0.29, 0.717) is 23.8 Å². The molecule has 1 aromatic rings. The number of β-amino-alcohol motifs (C(OH)–C–C–N with tert-alkyl or cyclic N) is 1. The Morgan fingerprint density at radius 1 is 1.25 bits per heavy atom. The summed E-state index contributed by atoms with van der Waals surface area (Å²) in [5.74, 6) is -0.437. The normalized spacial score (nSPS) is 27.2. The molecular formula is C17H24N4O3. The summed E-state index contributed by atoms with van der Waals surface area (Å²) in [6, 6.07) is 3.57. The molecule has 1 aliphatic heterocycles. The smallest absolute Gasteiger partial charge is 0.269 e. The number of aliphatic hydroxyl groups is 1. The van der Waals surface area contributed by atoms with Gasteiger partial charge in [-0.05, 0) is 37.8 Å². The van der Waals surface area contributed by atoms with E-state index in [-0.39, 0.29) is 24.0 Å². The Morgan fingerprint density at radius 2 is 2.08 bits per heavy atom. The second-order valence-electron chi connectivity index (χ2n) is 6.53. The lowest BCUT2D eigenvalue weighted by Crippen LogP contribution is -2.48. The molecule has 3 rings (SSSR count). The highest BCUT2D eigenvalue weighted by molar-refractivity contribution is 5.96. The van der Waals surface area contributed by atoms with Gasteiger partial charge in [0.25, 0.3) is 11.8 Å². The van der Waals surface area contributed by atoms with Crippen LogP contribution in [0.25, 0.3) is 0 Å². The van der Waals surface area contributed by atoms with E-state index >= 15 is 0 Å². The lowest BCUT2D eigenvalue weighted by atomic mass is 10.1. The number of aliphatic hydroxyl groups excluding tert-OH is 1. The van der Waals surface area contributed by atoms with Gasteiger partial charge in [-0.25, -0.2) is 0 Å². The maximum Gasteiger partial charge on any atom is 0.269 e. The van der Waals surface area contributed by atoms with Gasteiger partial charge in [-0.1, -0.05) is 0 Å². The van der Waals surface area contributed by atoms with Crippen LogP contribution in [0.1, 0.15) is 46.5 Å². The Bertz CT molecular complexity index is 604. The molecule has 2 fully saturated rings. The van der Waals surface area contributed by atoms with Crippen LogP contribution in [0, 0.1) is 0 Å². The number of likely N-dealkylation sites (tertiary alicyclic amines) is 1. The van der Waals surface area contributed by atoms with Crippen molar-refractivity contribution in [1.29, 1.82) is 0 Å². The minimum atomic E-state index is -0.273. The van der Waals surface area contributed by atoms with Gasteiger partial charge in [0, 0.05) is 38.4 Å². The number of hydrogen-bond donors (Lipinski definition) is 3. The molecule has 1 aromatic heterocycles. The Labute approximate surface area is 141 Å². The molecule has 0 aromatic carbocycles. The third-order valence-corrected chi connectivity index (χ3v) is 4.95. The maximum atomic E-state index is 12.5. The lowest BCUT2D eigenvalue weighted by Gasteiger charge is -2.29. The van der Waals surface area contributed by atoms with E-state index in [1.165, 1.54) is 6.20 Å². The first kappa shape index (κ1) is 16.9. The van der Waals surface area contributed by atoms with E-state index in [1.807, 2.05) is 0 Å². The van der Waals surface area contributed by atoms with Crippen LogP contribution in [-0.4, -0.2) is 65.1 Å². The van der Waals surface area contributed by atoms with Crippen molar-refractivity contribution in [3.05, 3.63) is 29.6 Å². The van der Waals surface area contributed by atoms with Crippen molar-refractivity contribution in [2.24, 2.45) is 0 Å². The lowest BCUT2D eigenvalue weighted by molar-refractivity contribution is 0.0902. The van der Waals surface area contributed by atoms with E-state index in [9.17, 15) is 14.7 Å². The van der Waals surface area contributed by atoms with E-state index in [1.54, 1.807) is 19.2 Å². The van der Waals surface area contributed by atoms with E-state index < -0.39 is 0 Å². The van der Waals surface area contributed by atoms with Gasteiger partial charge >= 0.3 is 0 Å². The number of rotatable bonds is 4. The number of carbonyl (C=O) groups excluding carboxylic acids is 2. The zero-order valence-corrected chi connectivity index (χ0v) is 13.9. The first-order valence-electron chi connectivity index (χ1n) is 8.49. The van der Waals surface area contributed by atoms with E-state index in [2.05, 4.69) is 20.5 Å². The molecule has 3 atom stereocenters. The number of hydrogen-bond acceptors (Lipinski definition) is 5.